The Morgan fingerprint density at radius 3 is 2.67 bits per heavy atom. The van der Waals surface area contributed by atoms with E-state index in [-0.39, 0.29) is 5.75 Å². The van der Waals surface area contributed by atoms with E-state index in [0.717, 1.165) is 11.1 Å². The molecule has 21 heavy (non-hydrogen) atoms. The fraction of sp³-hybridized carbons (Fsp3) is 0.0588. The molecule has 0 spiro atoms. The molecular formula is C17H15N3O. The van der Waals surface area contributed by atoms with Gasteiger partial charge in [-0.1, -0.05) is 35.9 Å². The van der Waals surface area contributed by atoms with Gasteiger partial charge in [-0.2, -0.15) is 5.10 Å². The molecule has 0 unspecified atom stereocenters. The van der Waals surface area contributed by atoms with E-state index >= 15 is 0 Å². The molecule has 0 bridgehead atoms. The maximum absolute atomic E-state index is 9.80. The summed E-state index contributed by atoms with van der Waals surface area (Å²) in [5.41, 5.74) is 6.34. The first-order valence-corrected chi connectivity index (χ1v) is 6.67. The van der Waals surface area contributed by atoms with Crippen LogP contribution in [0.2, 0.25) is 0 Å². The van der Waals surface area contributed by atoms with Crippen molar-refractivity contribution in [2.45, 2.75) is 6.92 Å². The van der Waals surface area contributed by atoms with Crippen molar-refractivity contribution in [3.63, 3.8) is 0 Å². The number of anilines is 1. The van der Waals surface area contributed by atoms with E-state index in [0.29, 0.717) is 11.2 Å². The second kappa shape index (κ2) is 5.63. The smallest absolute Gasteiger partial charge is 0.141 e. The number of aromatic hydroxyl groups is 1. The van der Waals surface area contributed by atoms with Crippen molar-refractivity contribution in [3.8, 4) is 5.75 Å². The lowest BCUT2D eigenvalue weighted by Gasteiger charge is -2.02. The average Bonchev–Trinajstić information content (AvgIpc) is 2.50. The third-order valence-electron chi connectivity index (χ3n) is 3.16. The van der Waals surface area contributed by atoms with Crippen molar-refractivity contribution in [2.24, 2.45) is 5.10 Å². The predicted molar refractivity (Wildman–Crippen MR) is 85.8 cm³/mol. The van der Waals surface area contributed by atoms with Crippen LogP contribution in [-0.4, -0.2) is 16.3 Å². The summed E-state index contributed by atoms with van der Waals surface area (Å²) in [5, 5.41) is 14.9. The van der Waals surface area contributed by atoms with Crippen molar-refractivity contribution in [2.75, 3.05) is 5.43 Å². The summed E-state index contributed by atoms with van der Waals surface area (Å²) < 4.78 is 0. The van der Waals surface area contributed by atoms with E-state index in [1.54, 1.807) is 18.3 Å². The van der Waals surface area contributed by atoms with Gasteiger partial charge in [-0.05, 0) is 31.2 Å². The van der Waals surface area contributed by atoms with Crippen LogP contribution in [0.1, 0.15) is 11.3 Å². The molecule has 0 fully saturated rings. The lowest BCUT2D eigenvalue weighted by molar-refractivity contribution is 0.480. The summed E-state index contributed by atoms with van der Waals surface area (Å²) in [6, 6.07) is 17.1. The summed E-state index contributed by atoms with van der Waals surface area (Å²) in [6.45, 7) is 2.04. The van der Waals surface area contributed by atoms with Crippen molar-refractivity contribution in [3.05, 3.63) is 65.9 Å². The van der Waals surface area contributed by atoms with Crippen LogP contribution in [0.5, 0.6) is 5.75 Å². The number of para-hydroxylation sites is 1. The normalized spacial score (nSPS) is 11.1. The highest BCUT2D eigenvalue weighted by molar-refractivity contribution is 5.88. The van der Waals surface area contributed by atoms with Crippen LogP contribution in [0.3, 0.4) is 0 Å². The molecule has 4 nitrogen and oxygen atoms in total. The first kappa shape index (κ1) is 13.1. The van der Waals surface area contributed by atoms with Crippen molar-refractivity contribution < 1.29 is 5.11 Å². The number of phenolic OH excluding ortho intramolecular Hbond substituents is 1. The van der Waals surface area contributed by atoms with Gasteiger partial charge in [0.2, 0.25) is 0 Å². The Hall–Kier alpha value is -2.88. The minimum Gasteiger partial charge on any atom is -0.506 e. The lowest BCUT2D eigenvalue weighted by atomic mass is 10.2. The minimum atomic E-state index is 0.175. The highest BCUT2D eigenvalue weighted by Crippen LogP contribution is 2.21. The molecule has 3 aromatic rings. The van der Waals surface area contributed by atoms with Gasteiger partial charge in [-0.25, -0.2) is 4.98 Å². The zero-order chi connectivity index (χ0) is 14.7. The molecular weight excluding hydrogens is 262 g/mol. The molecule has 3 rings (SSSR count). The molecule has 2 aromatic carbocycles. The minimum absolute atomic E-state index is 0.175. The maximum Gasteiger partial charge on any atom is 0.141 e. The third-order valence-corrected chi connectivity index (χ3v) is 3.16. The van der Waals surface area contributed by atoms with E-state index in [9.17, 15) is 5.11 Å². The molecule has 2 N–H and O–H groups in total. The summed E-state index contributed by atoms with van der Waals surface area (Å²) >= 11 is 0. The monoisotopic (exact) mass is 277 g/mol. The van der Waals surface area contributed by atoms with Gasteiger partial charge < -0.3 is 5.11 Å². The number of aryl methyl sites for hydroxylation is 1. The molecule has 1 heterocycles. The number of phenols is 1. The quantitative estimate of drug-likeness (QED) is 0.567. The topological polar surface area (TPSA) is 57.5 Å². The third kappa shape index (κ3) is 3.00. The Bertz CT molecular complexity index is 795. The van der Waals surface area contributed by atoms with Gasteiger partial charge in [0, 0.05) is 5.39 Å². The highest BCUT2D eigenvalue weighted by atomic mass is 16.3. The van der Waals surface area contributed by atoms with E-state index in [2.05, 4.69) is 15.5 Å². The SMILES string of the molecule is Cc1ccc(N/N=C/c2ccc3cccc(O)c3n2)cc1. The number of pyridine rings is 1. The molecule has 0 saturated carbocycles. The molecule has 0 atom stereocenters. The summed E-state index contributed by atoms with van der Waals surface area (Å²) in [6.07, 6.45) is 1.63. The molecule has 0 aliphatic heterocycles. The first-order valence-electron chi connectivity index (χ1n) is 6.67. The van der Waals surface area contributed by atoms with Gasteiger partial charge >= 0.3 is 0 Å². The Labute approximate surface area is 122 Å². The van der Waals surface area contributed by atoms with Crippen LogP contribution >= 0.6 is 0 Å². The molecule has 0 aliphatic carbocycles. The van der Waals surface area contributed by atoms with Gasteiger partial charge in [0.15, 0.2) is 0 Å². The molecule has 1 aromatic heterocycles. The number of rotatable bonds is 3. The van der Waals surface area contributed by atoms with Gasteiger partial charge in [0.25, 0.3) is 0 Å². The molecule has 0 saturated heterocycles. The molecule has 0 aliphatic rings. The van der Waals surface area contributed by atoms with Crippen LogP contribution in [-0.2, 0) is 0 Å². The number of fused-ring (bicyclic) bond motifs is 1. The molecule has 0 amide bonds. The Morgan fingerprint density at radius 2 is 1.86 bits per heavy atom. The zero-order valence-electron chi connectivity index (χ0n) is 11.6. The van der Waals surface area contributed by atoms with Gasteiger partial charge in [0.05, 0.1) is 17.6 Å². The summed E-state index contributed by atoms with van der Waals surface area (Å²) in [5.74, 6) is 0.175. The van der Waals surface area contributed by atoms with Gasteiger partial charge in [0.1, 0.15) is 11.3 Å². The first-order chi connectivity index (χ1) is 10.2. The summed E-state index contributed by atoms with van der Waals surface area (Å²) in [4.78, 5) is 4.38. The van der Waals surface area contributed by atoms with E-state index in [1.807, 2.05) is 49.4 Å². The van der Waals surface area contributed by atoms with E-state index in [1.165, 1.54) is 5.56 Å². The highest BCUT2D eigenvalue weighted by Gasteiger charge is 2.01. The van der Waals surface area contributed by atoms with Crippen molar-refractivity contribution >= 4 is 22.8 Å². The van der Waals surface area contributed by atoms with Crippen molar-refractivity contribution in [1.29, 1.82) is 0 Å². The average molecular weight is 277 g/mol. The van der Waals surface area contributed by atoms with Crippen molar-refractivity contribution in [1.82, 2.24) is 4.98 Å². The predicted octanol–water partition coefficient (Wildman–Crippen LogP) is 3.69. The van der Waals surface area contributed by atoms with Crippen LogP contribution in [0.25, 0.3) is 10.9 Å². The Morgan fingerprint density at radius 1 is 1.05 bits per heavy atom. The second-order valence-electron chi connectivity index (χ2n) is 4.82. The fourth-order valence-electron chi connectivity index (χ4n) is 2.02. The number of nitrogens with zero attached hydrogens (tertiary/aromatic N) is 2. The standard InChI is InChI=1S/C17H15N3O/c1-12-5-8-14(9-6-12)20-18-11-15-10-7-13-3-2-4-16(21)17(13)19-15/h2-11,20-21H,1H3/b18-11+. The fourth-order valence-corrected chi connectivity index (χ4v) is 2.02. The maximum atomic E-state index is 9.80. The van der Waals surface area contributed by atoms with Crippen LogP contribution < -0.4 is 5.43 Å². The van der Waals surface area contributed by atoms with E-state index < -0.39 is 0 Å². The Kier molecular flexibility index (Phi) is 3.51. The van der Waals surface area contributed by atoms with Crippen LogP contribution in [0.4, 0.5) is 5.69 Å². The second-order valence-corrected chi connectivity index (χ2v) is 4.82. The zero-order valence-corrected chi connectivity index (χ0v) is 11.6. The molecule has 0 radical (unpaired) electrons. The van der Waals surface area contributed by atoms with Gasteiger partial charge in [-0.15, -0.1) is 0 Å². The lowest BCUT2D eigenvalue weighted by Crippen LogP contribution is -1.93. The largest absolute Gasteiger partial charge is 0.506 e. The Balaban J connectivity index is 1.79. The van der Waals surface area contributed by atoms with Crippen LogP contribution in [0.15, 0.2) is 59.7 Å². The number of aromatic nitrogens is 1. The molecule has 104 valence electrons. The number of nitrogens with one attached hydrogen (secondary N) is 1. The van der Waals surface area contributed by atoms with E-state index in [4.69, 9.17) is 0 Å². The summed E-state index contributed by atoms with van der Waals surface area (Å²) in [7, 11) is 0. The number of hydrogen-bond donors (Lipinski definition) is 2. The molecule has 4 heteroatoms. The van der Waals surface area contributed by atoms with Gasteiger partial charge in [-0.3, -0.25) is 5.43 Å². The van der Waals surface area contributed by atoms with Crippen LogP contribution in [0, 0.1) is 6.92 Å². The number of hydrogen-bond acceptors (Lipinski definition) is 4. The number of hydrazone groups is 1. The number of benzene rings is 2.